The SMILES string of the molecule is CC(C)(Cc1ccc2c(c1)CCCC2)NC[C@H](O)COc1cc(CCC(=O)O)ccc1C#N. The number of fused-ring (bicyclic) bond motifs is 1. The maximum absolute atomic E-state index is 10.8. The first kappa shape index (κ1) is 24.8. The average molecular weight is 451 g/mol. The molecular formula is C27H34N2O4. The number of carboxylic acids is 1. The van der Waals surface area contributed by atoms with E-state index < -0.39 is 12.1 Å². The predicted molar refractivity (Wildman–Crippen MR) is 127 cm³/mol. The quantitative estimate of drug-likeness (QED) is 0.481. The first-order valence-electron chi connectivity index (χ1n) is 11.7. The molecule has 0 aliphatic heterocycles. The molecule has 6 heteroatoms. The molecule has 0 aromatic heterocycles. The van der Waals surface area contributed by atoms with Crippen LogP contribution in [0.3, 0.4) is 0 Å². The maximum atomic E-state index is 10.8. The lowest BCUT2D eigenvalue weighted by Crippen LogP contribution is -2.46. The molecular weight excluding hydrogens is 416 g/mol. The van der Waals surface area contributed by atoms with Crippen LogP contribution in [0, 0.1) is 11.3 Å². The highest BCUT2D eigenvalue weighted by Gasteiger charge is 2.21. The Kier molecular flexibility index (Phi) is 8.49. The van der Waals surface area contributed by atoms with Gasteiger partial charge in [-0.15, -0.1) is 0 Å². The number of carboxylic acid groups (broad SMARTS) is 1. The second kappa shape index (κ2) is 11.3. The van der Waals surface area contributed by atoms with Crippen molar-refractivity contribution in [3.8, 4) is 11.8 Å². The number of nitrogens with one attached hydrogen (secondary N) is 1. The van der Waals surface area contributed by atoms with Crippen molar-refractivity contribution in [3.63, 3.8) is 0 Å². The third-order valence-corrected chi connectivity index (χ3v) is 6.10. The molecule has 1 aliphatic carbocycles. The van der Waals surface area contributed by atoms with Gasteiger partial charge >= 0.3 is 5.97 Å². The van der Waals surface area contributed by atoms with Crippen molar-refractivity contribution in [1.82, 2.24) is 5.32 Å². The number of aryl methyl sites for hydroxylation is 3. The number of aliphatic carboxylic acids is 1. The number of hydrogen-bond acceptors (Lipinski definition) is 5. The van der Waals surface area contributed by atoms with Crippen molar-refractivity contribution in [2.45, 2.75) is 70.4 Å². The van der Waals surface area contributed by atoms with Crippen molar-refractivity contribution in [2.75, 3.05) is 13.2 Å². The van der Waals surface area contributed by atoms with Crippen molar-refractivity contribution < 1.29 is 19.7 Å². The molecule has 0 saturated carbocycles. The van der Waals surface area contributed by atoms with Crippen molar-refractivity contribution in [3.05, 3.63) is 64.2 Å². The molecule has 0 fully saturated rings. The minimum Gasteiger partial charge on any atom is -0.489 e. The summed E-state index contributed by atoms with van der Waals surface area (Å²) in [5.74, 6) is -0.505. The molecule has 33 heavy (non-hydrogen) atoms. The maximum Gasteiger partial charge on any atom is 0.303 e. The molecule has 176 valence electrons. The highest BCUT2D eigenvalue weighted by Crippen LogP contribution is 2.24. The number of benzene rings is 2. The zero-order chi connectivity index (χ0) is 23.8. The Hall–Kier alpha value is -2.88. The van der Waals surface area contributed by atoms with Gasteiger partial charge in [-0.1, -0.05) is 24.3 Å². The van der Waals surface area contributed by atoms with E-state index in [-0.39, 0.29) is 18.6 Å². The minimum absolute atomic E-state index is 0.0111. The van der Waals surface area contributed by atoms with E-state index in [4.69, 9.17) is 9.84 Å². The summed E-state index contributed by atoms with van der Waals surface area (Å²) in [4.78, 5) is 10.8. The van der Waals surface area contributed by atoms with E-state index in [1.165, 1.54) is 36.0 Å². The van der Waals surface area contributed by atoms with E-state index in [9.17, 15) is 15.2 Å². The molecule has 1 atom stereocenters. The Morgan fingerprint density at radius 1 is 1.15 bits per heavy atom. The summed E-state index contributed by atoms with van der Waals surface area (Å²) in [6, 6.07) is 13.9. The van der Waals surface area contributed by atoms with Gasteiger partial charge in [0.15, 0.2) is 0 Å². The van der Waals surface area contributed by atoms with Crippen LogP contribution in [-0.4, -0.2) is 41.0 Å². The van der Waals surface area contributed by atoms with Gasteiger partial charge in [-0.3, -0.25) is 4.79 Å². The van der Waals surface area contributed by atoms with E-state index in [1.807, 2.05) is 0 Å². The summed E-state index contributed by atoms with van der Waals surface area (Å²) >= 11 is 0. The largest absolute Gasteiger partial charge is 0.489 e. The molecule has 2 aromatic rings. The van der Waals surface area contributed by atoms with Crippen LogP contribution in [0.1, 0.15) is 60.9 Å². The minimum atomic E-state index is -0.874. The van der Waals surface area contributed by atoms with E-state index in [0.29, 0.717) is 24.3 Å². The van der Waals surface area contributed by atoms with Crippen molar-refractivity contribution in [2.24, 2.45) is 0 Å². The molecule has 3 N–H and O–H groups in total. The fraction of sp³-hybridized carbons (Fsp3) is 0.481. The molecule has 0 heterocycles. The summed E-state index contributed by atoms with van der Waals surface area (Å²) in [5, 5.41) is 32.1. The highest BCUT2D eigenvalue weighted by atomic mass is 16.5. The lowest BCUT2D eigenvalue weighted by molar-refractivity contribution is -0.136. The summed E-state index contributed by atoms with van der Waals surface area (Å²) in [6.07, 6.45) is 5.37. The molecule has 0 radical (unpaired) electrons. The fourth-order valence-electron chi connectivity index (χ4n) is 4.29. The summed E-state index contributed by atoms with van der Waals surface area (Å²) in [7, 11) is 0. The van der Waals surface area contributed by atoms with Crippen LogP contribution in [0.25, 0.3) is 0 Å². The molecule has 3 rings (SSSR count). The Labute approximate surface area is 196 Å². The molecule has 0 saturated heterocycles. The van der Waals surface area contributed by atoms with Crippen LogP contribution >= 0.6 is 0 Å². The van der Waals surface area contributed by atoms with E-state index in [0.717, 1.165) is 18.4 Å². The Bertz CT molecular complexity index is 1010. The Balaban J connectivity index is 1.51. The lowest BCUT2D eigenvalue weighted by atomic mass is 9.87. The second-order valence-electron chi connectivity index (χ2n) is 9.55. The molecule has 6 nitrogen and oxygen atoms in total. The number of aliphatic hydroxyl groups excluding tert-OH is 1. The van der Waals surface area contributed by atoms with Gasteiger partial charge in [-0.05, 0) is 86.8 Å². The molecule has 0 amide bonds. The smallest absolute Gasteiger partial charge is 0.303 e. The number of rotatable bonds is 11. The molecule has 1 aliphatic rings. The van der Waals surface area contributed by atoms with E-state index in [2.05, 4.69) is 43.4 Å². The average Bonchev–Trinajstić information content (AvgIpc) is 2.79. The fourth-order valence-corrected chi connectivity index (χ4v) is 4.29. The van der Waals surface area contributed by atoms with Crippen LogP contribution < -0.4 is 10.1 Å². The van der Waals surface area contributed by atoms with Crippen molar-refractivity contribution in [1.29, 1.82) is 5.26 Å². The van der Waals surface area contributed by atoms with Gasteiger partial charge in [0.2, 0.25) is 0 Å². The van der Waals surface area contributed by atoms with Crippen LogP contribution in [0.2, 0.25) is 0 Å². The number of nitrogens with zero attached hydrogens (tertiary/aromatic N) is 1. The van der Waals surface area contributed by atoms with Crippen LogP contribution in [-0.2, 0) is 30.5 Å². The number of β-amino-alcohol motifs (C(OH)–C–C–N with tert-alkyl or cyclic N) is 1. The summed E-state index contributed by atoms with van der Waals surface area (Å²) < 4.78 is 5.72. The molecule has 0 spiro atoms. The number of carbonyl (C=O) groups is 1. The number of hydrogen-bond donors (Lipinski definition) is 3. The molecule has 0 unspecified atom stereocenters. The first-order valence-corrected chi connectivity index (χ1v) is 11.7. The van der Waals surface area contributed by atoms with Crippen LogP contribution in [0.5, 0.6) is 5.75 Å². The third kappa shape index (κ3) is 7.59. The van der Waals surface area contributed by atoms with Crippen LogP contribution in [0.4, 0.5) is 0 Å². The topological polar surface area (TPSA) is 103 Å². The van der Waals surface area contributed by atoms with Gasteiger partial charge < -0.3 is 20.3 Å². The predicted octanol–water partition coefficient (Wildman–Crippen LogP) is 3.80. The first-order chi connectivity index (χ1) is 15.8. The number of nitriles is 1. The zero-order valence-electron chi connectivity index (χ0n) is 19.6. The zero-order valence-corrected chi connectivity index (χ0v) is 19.6. The molecule has 2 aromatic carbocycles. The monoisotopic (exact) mass is 450 g/mol. The number of aliphatic hydroxyl groups is 1. The summed E-state index contributed by atoms with van der Waals surface area (Å²) in [6.45, 7) is 4.65. The Morgan fingerprint density at radius 3 is 2.61 bits per heavy atom. The molecule has 0 bridgehead atoms. The normalized spacial score (nSPS) is 14.2. The summed E-state index contributed by atoms with van der Waals surface area (Å²) in [5.41, 5.74) is 5.20. The van der Waals surface area contributed by atoms with Gasteiger partial charge in [0.05, 0.1) is 5.56 Å². The van der Waals surface area contributed by atoms with Crippen molar-refractivity contribution >= 4 is 5.97 Å². The third-order valence-electron chi connectivity index (χ3n) is 6.10. The standard InChI is InChI=1S/C27H34N2O4/c1-27(2,15-20-8-10-21-5-3-4-6-22(21)13-20)29-17-24(30)18-33-25-14-19(9-12-26(31)32)7-11-23(25)16-28/h7-8,10-11,13-14,24,29-30H,3-6,9,12,15,17-18H2,1-2H3,(H,31,32)/t24-/m0/s1. The second-order valence-corrected chi connectivity index (χ2v) is 9.55. The Morgan fingerprint density at radius 2 is 1.88 bits per heavy atom. The van der Waals surface area contributed by atoms with Gasteiger partial charge in [-0.25, -0.2) is 0 Å². The van der Waals surface area contributed by atoms with Gasteiger partial charge in [-0.2, -0.15) is 5.26 Å². The van der Waals surface area contributed by atoms with E-state index in [1.54, 1.807) is 18.2 Å². The highest BCUT2D eigenvalue weighted by molar-refractivity contribution is 5.67. The van der Waals surface area contributed by atoms with Gasteiger partial charge in [0.25, 0.3) is 0 Å². The van der Waals surface area contributed by atoms with Gasteiger partial charge in [0, 0.05) is 18.5 Å². The lowest BCUT2D eigenvalue weighted by Gasteiger charge is -2.29. The van der Waals surface area contributed by atoms with Crippen LogP contribution in [0.15, 0.2) is 36.4 Å². The van der Waals surface area contributed by atoms with Gasteiger partial charge in [0.1, 0.15) is 24.5 Å². The number of ether oxygens (including phenoxy) is 1. The van der Waals surface area contributed by atoms with E-state index >= 15 is 0 Å².